The van der Waals surface area contributed by atoms with Crippen LogP contribution < -0.4 is 4.74 Å². The first-order valence-electron chi connectivity index (χ1n) is 12.9. The quantitative estimate of drug-likeness (QED) is 0.324. The van der Waals surface area contributed by atoms with Crippen LogP contribution in [0.4, 0.5) is 4.39 Å². The minimum atomic E-state index is -0.580. The third-order valence-corrected chi connectivity index (χ3v) is 8.16. The zero-order chi connectivity index (χ0) is 26.5. The Labute approximate surface area is 222 Å². The maximum atomic E-state index is 14.4. The van der Waals surface area contributed by atoms with Crippen molar-refractivity contribution >= 4 is 23.2 Å². The zero-order valence-electron chi connectivity index (χ0n) is 21.9. The van der Waals surface area contributed by atoms with Gasteiger partial charge in [0.1, 0.15) is 24.7 Å². The lowest BCUT2D eigenvalue weighted by atomic mass is 10.00. The van der Waals surface area contributed by atoms with E-state index in [-0.39, 0.29) is 30.1 Å². The van der Waals surface area contributed by atoms with Crippen molar-refractivity contribution in [2.24, 2.45) is 0 Å². The van der Waals surface area contributed by atoms with E-state index < -0.39 is 11.7 Å². The summed E-state index contributed by atoms with van der Waals surface area (Å²) >= 11 is 1.70. The van der Waals surface area contributed by atoms with Crippen molar-refractivity contribution in [3.63, 3.8) is 0 Å². The molecular weight excluding hydrogens is 487 g/mol. The highest BCUT2D eigenvalue weighted by Gasteiger charge is 2.34. The lowest BCUT2D eigenvalue weighted by Gasteiger charge is -2.38. The molecule has 2 heterocycles. The molecule has 2 amide bonds. The monoisotopic (exact) mass is 522 g/mol. The van der Waals surface area contributed by atoms with Crippen molar-refractivity contribution in [1.82, 2.24) is 9.80 Å². The van der Waals surface area contributed by atoms with Crippen LogP contribution in [0.1, 0.15) is 72.4 Å². The molecule has 0 saturated heterocycles. The van der Waals surface area contributed by atoms with Gasteiger partial charge in [0.2, 0.25) is 5.91 Å². The molecule has 0 spiro atoms. The number of rotatable bonds is 9. The number of ether oxygens (including phenoxy) is 1. The second-order valence-electron chi connectivity index (χ2n) is 9.86. The summed E-state index contributed by atoms with van der Waals surface area (Å²) in [7, 11) is 0. The van der Waals surface area contributed by atoms with Crippen molar-refractivity contribution in [3.8, 4) is 5.75 Å². The minimum Gasteiger partial charge on any atom is -0.491 e. The molecule has 4 rings (SSSR count). The third kappa shape index (κ3) is 6.04. The average molecular weight is 523 g/mol. The summed E-state index contributed by atoms with van der Waals surface area (Å²) in [4.78, 5) is 31.6. The van der Waals surface area contributed by atoms with E-state index >= 15 is 0 Å². The second kappa shape index (κ2) is 11.9. The molecule has 0 N–H and O–H groups in total. The molecule has 2 unspecified atom stereocenters. The van der Waals surface area contributed by atoms with Gasteiger partial charge < -0.3 is 14.5 Å². The number of carbonyl (C=O) groups is 2. The third-order valence-electron chi connectivity index (χ3n) is 7.16. The molecule has 2 atom stereocenters. The first-order valence-corrected chi connectivity index (χ1v) is 13.8. The first-order chi connectivity index (χ1) is 17.8. The largest absolute Gasteiger partial charge is 0.491 e. The highest BCUT2D eigenvalue weighted by atomic mass is 32.1. The number of fused-ring (bicyclic) bond motifs is 1. The summed E-state index contributed by atoms with van der Waals surface area (Å²) in [6, 6.07) is 15.6. The van der Waals surface area contributed by atoms with E-state index in [0.717, 1.165) is 17.7 Å². The molecular formula is C30H35FN2O3S. The van der Waals surface area contributed by atoms with Crippen molar-refractivity contribution in [3.05, 3.63) is 87.4 Å². The van der Waals surface area contributed by atoms with Crippen molar-refractivity contribution in [2.75, 3.05) is 19.7 Å². The van der Waals surface area contributed by atoms with E-state index in [9.17, 15) is 14.0 Å². The highest BCUT2D eigenvalue weighted by molar-refractivity contribution is 7.10. The fourth-order valence-electron chi connectivity index (χ4n) is 4.67. The molecule has 1 aliphatic rings. The van der Waals surface area contributed by atoms with E-state index in [4.69, 9.17) is 4.74 Å². The Morgan fingerprint density at radius 2 is 1.84 bits per heavy atom. The van der Waals surface area contributed by atoms with Gasteiger partial charge >= 0.3 is 0 Å². The Balaban J connectivity index is 1.54. The molecule has 1 aromatic heterocycles. The van der Waals surface area contributed by atoms with Gasteiger partial charge in [-0.3, -0.25) is 9.59 Å². The van der Waals surface area contributed by atoms with Crippen LogP contribution in [0.5, 0.6) is 5.75 Å². The Hall–Kier alpha value is -3.19. The van der Waals surface area contributed by atoms with E-state index in [1.165, 1.54) is 27.5 Å². The van der Waals surface area contributed by atoms with E-state index in [0.29, 0.717) is 25.5 Å². The summed E-state index contributed by atoms with van der Waals surface area (Å²) < 4.78 is 20.6. The van der Waals surface area contributed by atoms with Gasteiger partial charge in [0.05, 0.1) is 11.6 Å². The fraction of sp³-hybridized carbons (Fsp3) is 0.400. The molecule has 0 fully saturated rings. The van der Waals surface area contributed by atoms with Crippen LogP contribution in [-0.2, 0) is 11.2 Å². The van der Waals surface area contributed by atoms with Crippen LogP contribution in [0, 0.1) is 5.82 Å². The van der Waals surface area contributed by atoms with E-state index in [1.807, 2.05) is 30.9 Å². The molecule has 0 bridgehead atoms. The number of nitrogens with zero attached hydrogens (tertiary/aromatic N) is 2. The molecule has 0 radical (unpaired) electrons. The molecule has 7 heteroatoms. The molecule has 196 valence electrons. The molecule has 1 aliphatic heterocycles. The molecule has 0 saturated carbocycles. The highest BCUT2D eigenvalue weighted by Crippen LogP contribution is 2.34. The second-order valence-corrected chi connectivity index (χ2v) is 10.9. The SMILES string of the molecule is CCC(C)N(CC(=O)N1CCc2sccc2C1COc1ccc(C(C)C)cc1)C(=O)c1ccccc1F. The molecule has 5 nitrogen and oxygen atoms in total. The standard InChI is InChI=1S/C30H35FN2O3S/c1-5-21(4)33(30(35)24-8-6-7-9-26(24)31)18-29(34)32-16-14-28-25(15-17-37-28)27(32)19-36-23-12-10-22(11-13-23)20(2)3/h6-13,15,17,20-21,27H,5,14,16,18-19H2,1-4H3. The van der Waals surface area contributed by atoms with Crippen LogP contribution in [0.25, 0.3) is 0 Å². The lowest BCUT2D eigenvalue weighted by molar-refractivity contribution is -0.136. The van der Waals surface area contributed by atoms with Crippen LogP contribution in [-0.4, -0.2) is 47.4 Å². The van der Waals surface area contributed by atoms with Gasteiger partial charge in [0.25, 0.3) is 5.91 Å². The predicted molar refractivity (Wildman–Crippen MR) is 146 cm³/mol. The lowest BCUT2D eigenvalue weighted by Crippen LogP contribution is -2.50. The topological polar surface area (TPSA) is 49.9 Å². The molecule has 3 aromatic rings. The minimum absolute atomic E-state index is 0.0147. The van der Waals surface area contributed by atoms with Gasteiger partial charge in [0, 0.05) is 17.5 Å². The van der Waals surface area contributed by atoms with Crippen molar-refractivity contribution in [2.45, 2.75) is 58.5 Å². The summed E-state index contributed by atoms with van der Waals surface area (Å²) in [5.74, 6) is -0.00825. The maximum absolute atomic E-state index is 14.4. The fourth-order valence-corrected chi connectivity index (χ4v) is 5.60. The van der Waals surface area contributed by atoms with Crippen LogP contribution >= 0.6 is 11.3 Å². The number of halogens is 1. The molecule has 37 heavy (non-hydrogen) atoms. The van der Waals surface area contributed by atoms with Gasteiger partial charge in [-0.1, -0.05) is 45.0 Å². The summed E-state index contributed by atoms with van der Waals surface area (Å²) in [5.41, 5.74) is 2.32. The molecule has 2 aromatic carbocycles. The number of thiophene rings is 1. The molecule has 0 aliphatic carbocycles. The Bertz CT molecular complexity index is 1220. The van der Waals surface area contributed by atoms with Crippen molar-refractivity contribution in [1.29, 1.82) is 0 Å². The predicted octanol–water partition coefficient (Wildman–Crippen LogP) is 6.46. The Morgan fingerprint density at radius 1 is 1.11 bits per heavy atom. The Morgan fingerprint density at radius 3 is 2.51 bits per heavy atom. The van der Waals surface area contributed by atoms with Crippen LogP contribution in [0.2, 0.25) is 0 Å². The van der Waals surface area contributed by atoms with Crippen molar-refractivity contribution < 1.29 is 18.7 Å². The summed E-state index contributed by atoms with van der Waals surface area (Å²) in [5, 5.41) is 2.05. The van der Waals surface area contributed by atoms with Gasteiger partial charge in [-0.15, -0.1) is 11.3 Å². The van der Waals surface area contributed by atoms with E-state index in [1.54, 1.807) is 23.5 Å². The van der Waals surface area contributed by atoms with Gasteiger partial charge in [-0.2, -0.15) is 0 Å². The normalized spacial score (nSPS) is 15.8. The number of hydrogen-bond acceptors (Lipinski definition) is 4. The first kappa shape index (κ1) is 26.9. The smallest absolute Gasteiger partial charge is 0.257 e. The van der Waals surface area contributed by atoms with Crippen LogP contribution in [0.15, 0.2) is 60.0 Å². The van der Waals surface area contributed by atoms with E-state index in [2.05, 4.69) is 37.4 Å². The van der Waals surface area contributed by atoms with Gasteiger partial charge in [-0.25, -0.2) is 4.39 Å². The zero-order valence-corrected chi connectivity index (χ0v) is 22.8. The number of benzene rings is 2. The maximum Gasteiger partial charge on any atom is 0.257 e. The summed E-state index contributed by atoms with van der Waals surface area (Å²) in [6.07, 6.45) is 1.42. The Kier molecular flexibility index (Phi) is 8.64. The summed E-state index contributed by atoms with van der Waals surface area (Å²) in [6.45, 7) is 8.91. The number of hydrogen-bond donors (Lipinski definition) is 0. The van der Waals surface area contributed by atoms with Gasteiger partial charge in [0.15, 0.2) is 0 Å². The van der Waals surface area contributed by atoms with Gasteiger partial charge in [-0.05, 0) is 72.5 Å². The average Bonchev–Trinajstić information content (AvgIpc) is 3.39. The van der Waals surface area contributed by atoms with Crippen LogP contribution in [0.3, 0.4) is 0 Å². The number of amides is 2. The number of carbonyl (C=O) groups excluding carboxylic acids is 2.